The largest absolute Gasteiger partial charge is 0.445 e. The topological polar surface area (TPSA) is 158 Å². The van der Waals surface area contributed by atoms with E-state index in [9.17, 15) is 24.3 Å². The average molecular weight is 750 g/mol. The molecule has 0 fully saturated rings. The minimum Gasteiger partial charge on any atom is -0.445 e. The number of nitrogens with one attached hydrogen (secondary N) is 5. The molecule has 0 radical (unpaired) electrons. The number of aliphatic hydroxyl groups excluding tert-OH is 1. The second-order valence-corrected chi connectivity index (χ2v) is 14.1. The maximum atomic E-state index is 14.3. The van der Waals surface area contributed by atoms with E-state index in [-0.39, 0.29) is 43.9 Å². The molecule has 4 aromatic carbocycles. The summed E-state index contributed by atoms with van der Waals surface area (Å²) in [5.74, 6) is -2.08. The second-order valence-electron chi connectivity index (χ2n) is 14.1. The van der Waals surface area contributed by atoms with E-state index in [2.05, 4.69) is 26.6 Å². The smallest absolute Gasteiger partial charge is 0.408 e. The summed E-state index contributed by atoms with van der Waals surface area (Å²) < 4.78 is 5.44. The maximum Gasteiger partial charge on any atom is 0.408 e. The quantitative estimate of drug-likeness (QED) is 0.0740. The van der Waals surface area contributed by atoms with Crippen LogP contribution in [-0.2, 0) is 45.2 Å². The molecule has 0 aromatic heterocycles. The first-order chi connectivity index (χ1) is 26.5. The summed E-state index contributed by atoms with van der Waals surface area (Å²) in [5, 5.41) is 26.9. The Morgan fingerprint density at radius 1 is 0.582 bits per heavy atom. The van der Waals surface area contributed by atoms with Gasteiger partial charge in [-0.05, 0) is 40.5 Å². The molecule has 6 N–H and O–H groups in total. The summed E-state index contributed by atoms with van der Waals surface area (Å²) in [6, 6.07) is 33.3. The molecule has 11 heteroatoms. The van der Waals surface area contributed by atoms with Gasteiger partial charge in [-0.25, -0.2) is 4.79 Å². The Hall–Kier alpha value is -5.52. The van der Waals surface area contributed by atoms with Gasteiger partial charge in [0.2, 0.25) is 17.7 Å². The molecule has 0 heterocycles. The standard InChI is InChI=1S/C44H55N5O6/c1-5-31(4)38(49-44(54)55-29-35-24-16-9-17-25-35)42(52)47-36(26-32-18-10-6-11-19-32)40(50)39(45-27-33-20-12-7-13-21-33)43(53)48-37(30(2)3)41(51)46-28-34-22-14-8-15-23-34/h6-25,30-31,36-40,45,50H,5,26-29H2,1-4H3,(H,46,51)(H,47,52)(H,48,53)(H,49,54)/t31-,36+,37+,38+,39-,40-/m1/s1. The summed E-state index contributed by atoms with van der Waals surface area (Å²) in [6.07, 6.45) is -1.50. The molecule has 55 heavy (non-hydrogen) atoms. The summed E-state index contributed by atoms with van der Waals surface area (Å²) >= 11 is 0. The number of rotatable bonds is 20. The highest BCUT2D eigenvalue weighted by atomic mass is 16.5. The van der Waals surface area contributed by atoms with Crippen LogP contribution in [0.4, 0.5) is 4.79 Å². The van der Waals surface area contributed by atoms with Gasteiger partial charge in [-0.1, -0.05) is 155 Å². The van der Waals surface area contributed by atoms with Gasteiger partial charge in [0.05, 0.1) is 12.1 Å². The maximum absolute atomic E-state index is 14.3. The van der Waals surface area contributed by atoms with E-state index in [0.29, 0.717) is 6.42 Å². The lowest BCUT2D eigenvalue weighted by Gasteiger charge is -2.34. The highest BCUT2D eigenvalue weighted by molar-refractivity contribution is 5.90. The second kappa shape index (κ2) is 22.0. The van der Waals surface area contributed by atoms with E-state index in [1.54, 1.807) is 0 Å². The van der Waals surface area contributed by atoms with Gasteiger partial charge in [0.25, 0.3) is 0 Å². The molecule has 0 saturated heterocycles. The third kappa shape index (κ3) is 13.7. The van der Waals surface area contributed by atoms with Crippen molar-refractivity contribution < 1.29 is 29.0 Å². The minimum absolute atomic E-state index is 0.0301. The first-order valence-electron chi connectivity index (χ1n) is 18.9. The monoisotopic (exact) mass is 749 g/mol. The van der Waals surface area contributed by atoms with Gasteiger partial charge in [-0.2, -0.15) is 0 Å². The van der Waals surface area contributed by atoms with Gasteiger partial charge >= 0.3 is 6.09 Å². The van der Waals surface area contributed by atoms with E-state index < -0.39 is 48.2 Å². The number of ether oxygens (including phenoxy) is 1. The molecule has 4 amide bonds. The van der Waals surface area contributed by atoms with E-state index in [1.165, 1.54) is 0 Å². The van der Waals surface area contributed by atoms with Crippen LogP contribution in [0.2, 0.25) is 0 Å². The average Bonchev–Trinajstić information content (AvgIpc) is 3.21. The molecule has 0 aliphatic heterocycles. The van der Waals surface area contributed by atoms with Crippen LogP contribution in [0.5, 0.6) is 0 Å². The SMILES string of the molecule is CC[C@@H](C)[C@H](NC(=O)OCc1ccccc1)C(=O)N[C@@H](Cc1ccccc1)[C@@H](O)[C@@H](NCc1ccccc1)C(=O)N[C@H](C(=O)NCc1ccccc1)C(C)C. The van der Waals surface area contributed by atoms with Crippen molar-refractivity contribution in [2.24, 2.45) is 11.8 Å². The van der Waals surface area contributed by atoms with Gasteiger partial charge in [-0.15, -0.1) is 0 Å². The van der Waals surface area contributed by atoms with Gasteiger partial charge in [0.1, 0.15) is 24.7 Å². The number of hydrogen-bond donors (Lipinski definition) is 6. The van der Waals surface area contributed by atoms with Crippen LogP contribution in [0.1, 0.15) is 56.4 Å². The van der Waals surface area contributed by atoms with E-state index in [0.717, 1.165) is 22.3 Å². The molecule has 0 unspecified atom stereocenters. The Labute approximate surface area is 324 Å². The molecule has 0 aliphatic carbocycles. The molecule has 0 saturated carbocycles. The minimum atomic E-state index is -1.48. The van der Waals surface area contributed by atoms with Crippen LogP contribution in [0.15, 0.2) is 121 Å². The predicted octanol–water partition coefficient (Wildman–Crippen LogP) is 5.03. The number of hydrogen-bond acceptors (Lipinski definition) is 7. The summed E-state index contributed by atoms with van der Waals surface area (Å²) in [7, 11) is 0. The lowest BCUT2D eigenvalue weighted by molar-refractivity contribution is -0.134. The Balaban J connectivity index is 1.58. The van der Waals surface area contributed by atoms with Crippen molar-refractivity contribution >= 4 is 23.8 Å². The van der Waals surface area contributed by atoms with Crippen LogP contribution in [0, 0.1) is 11.8 Å². The lowest BCUT2D eigenvalue weighted by Crippen LogP contribution is -2.63. The third-order valence-electron chi connectivity index (χ3n) is 9.57. The van der Waals surface area contributed by atoms with Crippen molar-refractivity contribution in [3.63, 3.8) is 0 Å². The zero-order valence-electron chi connectivity index (χ0n) is 32.1. The number of amides is 4. The Morgan fingerprint density at radius 2 is 1.07 bits per heavy atom. The van der Waals surface area contributed by atoms with Crippen LogP contribution in [-0.4, -0.2) is 59.2 Å². The summed E-state index contributed by atoms with van der Waals surface area (Å²) in [6.45, 7) is 7.96. The first kappa shape index (κ1) is 42.2. The van der Waals surface area contributed by atoms with E-state index in [4.69, 9.17) is 4.74 Å². The summed E-state index contributed by atoms with van der Waals surface area (Å²) in [5.41, 5.74) is 3.39. The highest BCUT2D eigenvalue weighted by Gasteiger charge is 2.38. The van der Waals surface area contributed by atoms with Gasteiger partial charge in [-0.3, -0.25) is 19.7 Å². The molecule has 0 aliphatic rings. The molecule has 292 valence electrons. The Bertz CT molecular complexity index is 1760. The van der Waals surface area contributed by atoms with Crippen molar-refractivity contribution in [3.05, 3.63) is 144 Å². The van der Waals surface area contributed by atoms with Crippen LogP contribution < -0.4 is 26.6 Å². The zero-order chi connectivity index (χ0) is 39.6. The van der Waals surface area contributed by atoms with Crippen molar-refractivity contribution in [1.82, 2.24) is 26.6 Å². The molecular weight excluding hydrogens is 695 g/mol. The molecule has 4 aromatic rings. The van der Waals surface area contributed by atoms with Gasteiger partial charge < -0.3 is 31.1 Å². The van der Waals surface area contributed by atoms with Crippen LogP contribution in [0.25, 0.3) is 0 Å². The van der Waals surface area contributed by atoms with Crippen molar-refractivity contribution in [3.8, 4) is 0 Å². The van der Waals surface area contributed by atoms with E-state index >= 15 is 0 Å². The zero-order valence-corrected chi connectivity index (χ0v) is 32.1. The van der Waals surface area contributed by atoms with Crippen LogP contribution >= 0.6 is 0 Å². The van der Waals surface area contributed by atoms with Gasteiger partial charge in [0, 0.05) is 13.1 Å². The van der Waals surface area contributed by atoms with Crippen molar-refractivity contribution in [1.29, 1.82) is 0 Å². The first-order valence-corrected chi connectivity index (χ1v) is 18.9. The van der Waals surface area contributed by atoms with E-state index in [1.807, 2.05) is 149 Å². The fourth-order valence-corrected chi connectivity index (χ4v) is 6.09. The normalized spacial score (nSPS) is 14.4. The molecule has 11 nitrogen and oxygen atoms in total. The molecular formula is C44H55N5O6. The molecule has 6 atom stereocenters. The van der Waals surface area contributed by atoms with Crippen molar-refractivity contribution in [2.75, 3.05) is 0 Å². The fourth-order valence-electron chi connectivity index (χ4n) is 6.09. The predicted molar refractivity (Wildman–Crippen MR) is 213 cm³/mol. The van der Waals surface area contributed by atoms with Crippen LogP contribution in [0.3, 0.4) is 0 Å². The molecule has 0 spiro atoms. The lowest BCUT2D eigenvalue weighted by atomic mass is 9.93. The number of carbonyl (C=O) groups excluding carboxylic acids is 4. The number of aliphatic hydroxyl groups is 1. The number of alkyl carbamates (subject to hydrolysis) is 1. The van der Waals surface area contributed by atoms with Gasteiger partial charge in [0.15, 0.2) is 0 Å². The molecule has 0 bridgehead atoms. The Morgan fingerprint density at radius 3 is 1.60 bits per heavy atom. The number of benzene rings is 4. The number of carbonyl (C=O) groups is 4. The third-order valence-corrected chi connectivity index (χ3v) is 9.57. The highest BCUT2D eigenvalue weighted by Crippen LogP contribution is 2.15. The summed E-state index contributed by atoms with van der Waals surface area (Å²) in [4.78, 5) is 54.8. The van der Waals surface area contributed by atoms with Crippen molar-refractivity contribution in [2.45, 2.75) is 90.5 Å². The molecule has 4 rings (SSSR count). The Kier molecular flexibility index (Phi) is 16.9. The fraction of sp³-hybridized carbons (Fsp3) is 0.364.